The molecular formula is C20H27ClN2O4S. The predicted octanol–water partition coefficient (Wildman–Crippen LogP) is 3.21. The molecule has 0 radical (unpaired) electrons. The van der Waals surface area contributed by atoms with Gasteiger partial charge in [-0.05, 0) is 62.3 Å². The maximum absolute atomic E-state index is 12.1. The number of rotatable bonds is 7. The summed E-state index contributed by atoms with van der Waals surface area (Å²) in [5.41, 5.74) is 1.58. The van der Waals surface area contributed by atoms with Crippen LogP contribution in [-0.2, 0) is 10.0 Å². The van der Waals surface area contributed by atoms with E-state index < -0.39 is 10.0 Å². The van der Waals surface area contributed by atoms with E-state index >= 15 is 0 Å². The summed E-state index contributed by atoms with van der Waals surface area (Å²) < 4.78 is 37.8. The van der Waals surface area contributed by atoms with E-state index in [1.54, 1.807) is 19.2 Å². The fourth-order valence-corrected chi connectivity index (χ4v) is 3.95. The number of nitrogens with one attached hydrogen (secondary N) is 2. The van der Waals surface area contributed by atoms with E-state index in [9.17, 15) is 8.42 Å². The maximum atomic E-state index is 12.1. The maximum Gasteiger partial charge on any atom is 0.240 e. The first kappa shape index (κ1) is 22.5. The Labute approximate surface area is 173 Å². The third kappa shape index (κ3) is 5.38. The number of sulfonamides is 1. The summed E-state index contributed by atoms with van der Waals surface area (Å²) >= 11 is 0. The zero-order valence-electron chi connectivity index (χ0n) is 16.1. The van der Waals surface area contributed by atoms with Crippen LogP contribution in [0.15, 0.2) is 47.4 Å². The first-order valence-corrected chi connectivity index (χ1v) is 10.6. The van der Waals surface area contributed by atoms with E-state index in [0.29, 0.717) is 24.0 Å². The van der Waals surface area contributed by atoms with Gasteiger partial charge in [-0.15, -0.1) is 12.4 Å². The van der Waals surface area contributed by atoms with Crippen LogP contribution in [0, 0.1) is 0 Å². The molecule has 0 spiro atoms. The largest absolute Gasteiger partial charge is 0.496 e. The highest BCUT2D eigenvalue weighted by molar-refractivity contribution is 7.89. The van der Waals surface area contributed by atoms with E-state index in [-0.39, 0.29) is 17.3 Å². The van der Waals surface area contributed by atoms with Crippen molar-refractivity contribution < 1.29 is 17.9 Å². The molecule has 1 aliphatic heterocycles. The van der Waals surface area contributed by atoms with Crippen molar-refractivity contribution in [1.29, 1.82) is 0 Å². The molecule has 2 aromatic rings. The minimum atomic E-state index is -3.52. The number of ether oxygens (including phenoxy) is 2. The lowest BCUT2D eigenvalue weighted by molar-refractivity contribution is 0.239. The molecular weight excluding hydrogens is 400 g/mol. The monoisotopic (exact) mass is 426 g/mol. The van der Waals surface area contributed by atoms with Gasteiger partial charge in [0.15, 0.2) is 0 Å². The number of hydrogen-bond acceptors (Lipinski definition) is 5. The highest BCUT2D eigenvalue weighted by Gasteiger charge is 2.16. The van der Waals surface area contributed by atoms with Crippen molar-refractivity contribution in [2.45, 2.75) is 30.2 Å². The second-order valence-electron chi connectivity index (χ2n) is 6.55. The number of piperidine rings is 1. The fourth-order valence-electron chi connectivity index (χ4n) is 3.19. The molecule has 1 heterocycles. The summed E-state index contributed by atoms with van der Waals surface area (Å²) in [6.07, 6.45) is 3.61. The smallest absolute Gasteiger partial charge is 0.240 e. The topological polar surface area (TPSA) is 76.7 Å². The first-order chi connectivity index (χ1) is 13.0. The predicted molar refractivity (Wildman–Crippen MR) is 113 cm³/mol. The zero-order valence-corrected chi connectivity index (χ0v) is 17.7. The van der Waals surface area contributed by atoms with Crippen molar-refractivity contribution in [3.63, 3.8) is 0 Å². The molecule has 0 bridgehead atoms. The van der Waals surface area contributed by atoms with E-state index in [1.807, 2.05) is 24.3 Å². The molecule has 1 fully saturated rings. The van der Waals surface area contributed by atoms with Gasteiger partial charge in [-0.1, -0.05) is 18.6 Å². The van der Waals surface area contributed by atoms with Crippen LogP contribution in [0.1, 0.15) is 19.3 Å². The molecule has 154 valence electrons. The summed E-state index contributed by atoms with van der Waals surface area (Å²) in [5.74, 6) is 1.41. The van der Waals surface area contributed by atoms with Gasteiger partial charge in [-0.2, -0.15) is 0 Å². The lowest BCUT2D eigenvalue weighted by Crippen LogP contribution is -2.38. The van der Waals surface area contributed by atoms with Crippen LogP contribution >= 0.6 is 12.4 Å². The molecule has 1 aliphatic rings. The number of methoxy groups -OCH3 is 1. The number of halogens is 1. The van der Waals surface area contributed by atoms with Gasteiger partial charge in [0.05, 0.1) is 12.0 Å². The van der Waals surface area contributed by atoms with Crippen LogP contribution in [0.25, 0.3) is 11.1 Å². The molecule has 1 unspecified atom stereocenters. The van der Waals surface area contributed by atoms with Crippen LogP contribution in [0.2, 0.25) is 0 Å². The second-order valence-corrected chi connectivity index (χ2v) is 8.44. The van der Waals surface area contributed by atoms with E-state index in [2.05, 4.69) is 10.0 Å². The van der Waals surface area contributed by atoms with Crippen LogP contribution in [0.5, 0.6) is 11.5 Å². The molecule has 0 amide bonds. The van der Waals surface area contributed by atoms with Crippen LogP contribution in [-0.4, -0.2) is 41.8 Å². The number of hydrogen-bond donors (Lipinski definition) is 2. The normalized spacial score (nSPS) is 16.9. The highest BCUT2D eigenvalue weighted by atomic mass is 35.5. The van der Waals surface area contributed by atoms with Crippen molar-refractivity contribution >= 4 is 22.4 Å². The van der Waals surface area contributed by atoms with E-state index in [4.69, 9.17) is 9.47 Å². The second kappa shape index (κ2) is 10.1. The lowest BCUT2D eigenvalue weighted by Gasteiger charge is -2.23. The van der Waals surface area contributed by atoms with Gasteiger partial charge in [0.2, 0.25) is 10.0 Å². The summed E-state index contributed by atoms with van der Waals surface area (Å²) in [6, 6.07) is 12.8. The Morgan fingerprint density at radius 1 is 1.14 bits per heavy atom. The van der Waals surface area contributed by atoms with Gasteiger partial charge in [-0.25, -0.2) is 13.1 Å². The van der Waals surface area contributed by atoms with Gasteiger partial charge in [-0.3, -0.25) is 0 Å². The molecule has 3 rings (SSSR count). The van der Waals surface area contributed by atoms with E-state index in [1.165, 1.54) is 26.0 Å². The molecule has 6 nitrogen and oxygen atoms in total. The lowest BCUT2D eigenvalue weighted by atomic mass is 10.0. The first-order valence-electron chi connectivity index (χ1n) is 9.11. The molecule has 0 saturated carbocycles. The van der Waals surface area contributed by atoms with Crippen LogP contribution in [0.3, 0.4) is 0 Å². The standard InChI is InChI=1S/C20H26N2O4S.ClH/c1-21-27(23,24)18-10-11-20(25-2)19(13-18)15-6-8-17(9-7-15)26-14-16-5-3-4-12-22-16;/h6-11,13,16,21-22H,3-5,12,14H2,1-2H3;1H. The Balaban J connectivity index is 0.00000280. The zero-order chi connectivity index (χ0) is 19.3. The highest BCUT2D eigenvalue weighted by Crippen LogP contribution is 2.33. The molecule has 1 saturated heterocycles. The van der Waals surface area contributed by atoms with Crippen molar-refractivity contribution in [1.82, 2.24) is 10.0 Å². The van der Waals surface area contributed by atoms with Crippen LogP contribution in [0.4, 0.5) is 0 Å². The molecule has 28 heavy (non-hydrogen) atoms. The molecule has 2 N–H and O–H groups in total. The van der Waals surface area contributed by atoms with Crippen molar-refractivity contribution in [2.24, 2.45) is 0 Å². The Bertz CT molecular complexity index is 866. The fraction of sp³-hybridized carbons (Fsp3) is 0.400. The molecule has 8 heteroatoms. The van der Waals surface area contributed by atoms with Crippen molar-refractivity contribution in [2.75, 3.05) is 27.3 Å². The molecule has 0 aliphatic carbocycles. The Morgan fingerprint density at radius 2 is 1.89 bits per heavy atom. The Kier molecular flexibility index (Phi) is 8.12. The van der Waals surface area contributed by atoms with Crippen molar-refractivity contribution in [3.05, 3.63) is 42.5 Å². The SMILES string of the molecule is CNS(=O)(=O)c1ccc(OC)c(-c2ccc(OCC3CCCCN3)cc2)c1.Cl. The third-order valence-corrected chi connectivity index (χ3v) is 6.19. The van der Waals surface area contributed by atoms with Gasteiger partial charge < -0.3 is 14.8 Å². The Hall–Kier alpha value is -1.80. The quantitative estimate of drug-likeness (QED) is 0.710. The number of benzene rings is 2. The van der Waals surface area contributed by atoms with E-state index in [0.717, 1.165) is 24.3 Å². The molecule has 0 aromatic heterocycles. The third-order valence-electron chi connectivity index (χ3n) is 4.78. The molecule has 1 atom stereocenters. The van der Waals surface area contributed by atoms with Gasteiger partial charge >= 0.3 is 0 Å². The van der Waals surface area contributed by atoms with Crippen LogP contribution < -0.4 is 19.5 Å². The molecule has 2 aromatic carbocycles. The summed E-state index contributed by atoms with van der Waals surface area (Å²) in [7, 11) is -0.556. The summed E-state index contributed by atoms with van der Waals surface area (Å²) in [4.78, 5) is 0.199. The van der Waals surface area contributed by atoms with Gasteiger partial charge in [0.25, 0.3) is 0 Å². The average Bonchev–Trinajstić information content (AvgIpc) is 2.73. The summed E-state index contributed by atoms with van der Waals surface area (Å²) in [6.45, 7) is 1.71. The minimum Gasteiger partial charge on any atom is -0.496 e. The van der Waals surface area contributed by atoms with Gasteiger partial charge in [0.1, 0.15) is 18.1 Å². The van der Waals surface area contributed by atoms with Gasteiger partial charge in [0, 0.05) is 11.6 Å². The summed E-state index contributed by atoms with van der Waals surface area (Å²) in [5, 5.41) is 3.46. The van der Waals surface area contributed by atoms with Crippen molar-refractivity contribution in [3.8, 4) is 22.6 Å². The average molecular weight is 427 g/mol. The Morgan fingerprint density at radius 3 is 2.50 bits per heavy atom. The minimum absolute atomic E-state index is 0.